The number of anilines is 3. The second kappa shape index (κ2) is 8.12. The monoisotopic (exact) mass is 338 g/mol. The summed E-state index contributed by atoms with van der Waals surface area (Å²) in [6, 6.07) is 3.63. The smallest absolute Gasteiger partial charge is 0.172 e. The lowest BCUT2D eigenvalue weighted by atomic mass is 9.98. The number of aldehydes is 1. The molecular formula is C16H18N8O. The Kier molecular flexibility index (Phi) is 5.43. The summed E-state index contributed by atoms with van der Waals surface area (Å²) < 4.78 is 0. The van der Waals surface area contributed by atoms with Crippen molar-refractivity contribution in [2.24, 2.45) is 5.92 Å². The number of nitrogens with zero attached hydrogens (tertiary/aromatic N) is 5. The number of rotatable bonds is 6. The second-order valence-electron chi connectivity index (χ2n) is 5.74. The fraction of sp³-hybridized carbons (Fsp3) is 0.375. The van der Waals surface area contributed by atoms with E-state index >= 15 is 0 Å². The summed E-state index contributed by atoms with van der Waals surface area (Å²) in [5.74, 6) is 1.45. The molecule has 0 bridgehead atoms. The topological polar surface area (TPSA) is 129 Å². The van der Waals surface area contributed by atoms with E-state index in [2.05, 4.69) is 36.1 Å². The Balaban J connectivity index is 1.69. The predicted octanol–water partition coefficient (Wildman–Crippen LogP) is 1.11. The van der Waals surface area contributed by atoms with Crippen molar-refractivity contribution in [3.05, 3.63) is 29.8 Å². The van der Waals surface area contributed by atoms with Crippen LogP contribution < -0.4 is 16.0 Å². The molecule has 0 amide bonds. The third kappa shape index (κ3) is 4.45. The first kappa shape index (κ1) is 16.7. The summed E-state index contributed by atoms with van der Waals surface area (Å²) >= 11 is 0. The molecular weight excluding hydrogens is 320 g/mol. The Labute approximate surface area is 144 Å². The van der Waals surface area contributed by atoms with Crippen LogP contribution in [-0.2, 0) is 0 Å². The summed E-state index contributed by atoms with van der Waals surface area (Å²) in [6.07, 6.45) is 5.70. The Morgan fingerprint density at radius 3 is 2.76 bits per heavy atom. The lowest BCUT2D eigenvalue weighted by Crippen LogP contribution is -2.31. The van der Waals surface area contributed by atoms with Crippen LogP contribution in [0.4, 0.5) is 17.3 Å². The molecule has 1 aliphatic heterocycles. The summed E-state index contributed by atoms with van der Waals surface area (Å²) in [5, 5.41) is 26.2. The second-order valence-corrected chi connectivity index (χ2v) is 5.74. The molecule has 0 unspecified atom stereocenters. The number of piperidine rings is 1. The summed E-state index contributed by atoms with van der Waals surface area (Å²) in [6.45, 7) is 2.82. The normalized spacial score (nSPS) is 14.5. The van der Waals surface area contributed by atoms with Gasteiger partial charge < -0.3 is 16.0 Å². The van der Waals surface area contributed by atoms with Crippen molar-refractivity contribution in [1.29, 1.82) is 5.26 Å². The lowest BCUT2D eigenvalue weighted by molar-refractivity contribution is 0.111. The number of carbonyl (C=O) groups is 1. The lowest BCUT2D eigenvalue weighted by Gasteiger charge is -2.23. The predicted molar refractivity (Wildman–Crippen MR) is 91.5 cm³/mol. The Morgan fingerprint density at radius 1 is 1.24 bits per heavy atom. The largest absolute Gasteiger partial charge is 0.383 e. The highest BCUT2D eigenvalue weighted by Gasteiger charge is 2.14. The molecule has 128 valence electrons. The maximum Gasteiger partial charge on any atom is 0.172 e. The van der Waals surface area contributed by atoms with Gasteiger partial charge in [-0.25, -0.2) is 9.97 Å². The maximum atomic E-state index is 11.2. The summed E-state index contributed by atoms with van der Waals surface area (Å²) in [5.41, 5.74) is 1.13. The van der Waals surface area contributed by atoms with Gasteiger partial charge in [-0.3, -0.25) is 4.79 Å². The highest BCUT2D eigenvalue weighted by Crippen LogP contribution is 2.19. The molecule has 0 radical (unpaired) electrons. The standard InChI is InChI=1S/C16H18N8O/c17-6-12-8-21-16(9-19-12)22-15-5-13(14(10-25)23-24-15)20-7-11-1-3-18-4-2-11/h5,8-11,18H,1-4,7H2,(H2,20,21,22,24). The zero-order valence-electron chi connectivity index (χ0n) is 13.6. The molecule has 1 fully saturated rings. The van der Waals surface area contributed by atoms with Gasteiger partial charge in [-0.05, 0) is 31.8 Å². The van der Waals surface area contributed by atoms with Crippen LogP contribution in [0.15, 0.2) is 18.5 Å². The van der Waals surface area contributed by atoms with E-state index in [4.69, 9.17) is 5.26 Å². The number of aromatic nitrogens is 4. The number of carbonyl (C=O) groups excluding carboxylic acids is 1. The maximum absolute atomic E-state index is 11.2. The average molecular weight is 338 g/mol. The van der Waals surface area contributed by atoms with Gasteiger partial charge >= 0.3 is 0 Å². The quantitative estimate of drug-likeness (QED) is 0.663. The van der Waals surface area contributed by atoms with Crippen LogP contribution in [0, 0.1) is 17.2 Å². The van der Waals surface area contributed by atoms with Gasteiger partial charge in [0.15, 0.2) is 17.8 Å². The van der Waals surface area contributed by atoms with Crippen molar-refractivity contribution >= 4 is 23.6 Å². The van der Waals surface area contributed by atoms with Crippen LogP contribution >= 0.6 is 0 Å². The van der Waals surface area contributed by atoms with Crippen LogP contribution in [0.3, 0.4) is 0 Å². The van der Waals surface area contributed by atoms with Crippen LogP contribution in [0.1, 0.15) is 29.0 Å². The zero-order chi connectivity index (χ0) is 17.5. The Bertz CT molecular complexity index is 765. The third-order valence-electron chi connectivity index (χ3n) is 4.00. The molecule has 2 aromatic heterocycles. The molecule has 0 atom stereocenters. The molecule has 3 rings (SSSR count). The Hall–Kier alpha value is -3.12. The Morgan fingerprint density at radius 2 is 2.08 bits per heavy atom. The molecule has 1 aliphatic rings. The molecule has 0 aromatic carbocycles. The molecule has 0 spiro atoms. The van der Waals surface area contributed by atoms with E-state index < -0.39 is 0 Å². The van der Waals surface area contributed by atoms with E-state index in [9.17, 15) is 4.79 Å². The zero-order valence-corrected chi connectivity index (χ0v) is 13.6. The molecule has 9 nitrogen and oxygen atoms in total. The van der Waals surface area contributed by atoms with Crippen LogP contribution in [0.2, 0.25) is 0 Å². The molecule has 3 N–H and O–H groups in total. The highest BCUT2D eigenvalue weighted by molar-refractivity contribution is 5.82. The molecule has 0 saturated carbocycles. The van der Waals surface area contributed by atoms with Crippen molar-refractivity contribution in [3.8, 4) is 6.07 Å². The minimum atomic E-state index is 0.234. The number of hydrogen-bond acceptors (Lipinski definition) is 9. The molecule has 25 heavy (non-hydrogen) atoms. The van der Waals surface area contributed by atoms with Crippen molar-refractivity contribution < 1.29 is 4.79 Å². The average Bonchev–Trinajstić information content (AvgIpc) is 2.68. The minimum absolute atomic E-state index is 0.234. The SMILES string of the molecule is N#Cc1cnc(Nc2cc(NCC3CCNCC3)c(C=O)nn2)cn1. The number of hydrogen-bond donors (Lipinski definition) is 3. The fourth-order valence-electron chi connectivity index (χ4n) is 2.61. The van der Waals surface area contributed by atoms with E-state index in [1.807, 2.05) is 6.07 Å². The van der Waals surface area contributed by atoms with Gasteiger partial charge in [0.2, 0.25) is 0 Å². The van der Waals surface area contributed by atoms with Gasteiger partial charge in [-0.1, -0.05) is 0 Å². The number of nitrogens with one attached hydrogen (secondary N) is 3. The molecule has 0 aliphatic carbocycles. The molecule has 9 heteroatoms. The van der Waals surface area contributed by atoms with Crippen molar-refractivity contribution in [2.45, 2.75) is 12.8 Å². The van der Waals surface area contributed by atoms with E-state index in [1.54, 1.807) is 6.07 Å². The van der Waals surface area contributed by atoms with Gasteiger partial charge in [0, 0.05) is 12.6 Å². The van der Waals surface area contributed by atoms with Gasteiger partial charge in [-0.15, -0.1) is 10.2 Å². The number of nitriles is 1. The van der Waals surface area contributed by atoms with Crippen LogP contribution in [0.25, 0.3) is 0 Å². The van der Waals surface area contributed by atoms with Crippen molar-refractivity contribution in [2.75, 3.05) is 30.3 Å². The fourth-order valence-corrected chi connectivity index (χ4v) is 2.61. The van der Waals surface area contributed by atoms with E-state index in [-0.39, 0.29) is 11.4 Å². The van der Waals surface area contributed by atoms with Crippen molar-refractivity contribution in [1.82, 2.24) is 25.5 Å². The minimum Gasteiger partial charge on any atom is -0.383 e. The summed E-state index contributed by atoms with van der Waals surface area (Å²) in [4.78, 5) is 19.2. The van der Waals surface area contributed by atoms with Crippen LogP contribution in [0.5, 0.6) is 0 Å². The molecule has 3 heterocycles. The van der Waals surface area contributed by atoms with E-state index in [0.717, 1.165) is 32.5 Å². The van der Waals surface area contributed by atoms with Gasteiger partial charge in [-0.2, -0.15) is 5.26 Å². The first-order chi connectivity index (χ1) is 12.3. The van der Waals surface area contributed by atoms with Crippen LogP contribution in [-0.4, -0.2) is 46.1 Å². The molecule has 2 aromatic rings. The van der Waals surface area contributed by atoms with Crippen molar-refractivity contribution in [3.63, 3.8) is 0 Å². The first-order valence-corrected chi connectivity index (χ1v) is 8.05. The van der Waals surface area contributed by atoms with E-state index in [1.165, 1.54) is 12.4 Å². The molecule has 1 saturated heterocycles. The third-order valence-corrected chi connectivity index (χ3v) is 4.00. The van der Waals surface area contributed by atoms with Gasteiger partial charge in [0.05, 0.1) is 18.1 Å². The van der Waals surface area contributed by atoms with E-state index in [0.29, 0.717) is 29.5 Å². The summed E-state index contributed by atoms with van der Waals surface area (Å²) in [7, 11) is 0. The van der Waals surface area contributed by atoms with Gasteiger partial charge in [0.1, 0.15) is 17.6 Å². The van der Waals surface area contributed by atoms with Gasteiger partial charge in [0.25, 0.3) is 0 Å². The highest BCUT2D eigenvalue weighted by atomic mass is 16.1. The first-order valence-electron chi connectivity index (χ1n) is 8.05.